The van der Waals surface area contributed by atoms with Gasteiger partial charge in [0.2, 0.25) is 0 Å². The Balaban J connectivity index is 1.74. The summed E-state index contributed by atoms with van der Waals surface area (Å²) in [6.07, 6.45) is 3.31. The van der Waals surface area contributed by atoms with Crippen molar-refractivity contribution in [2.75, 3.05) is 11.5 Å². The van der Waals surface area contributed by atoms with E-state index >= 15 is 0 Å². The third-order valence-electron chi connectivity index (χ3n) is 4.19. The van der Waals surface area contributed by atoms with Crippen molar-refractivity contribution >= 4 is 20.0 Å². The van der Waals surface area contributed by atoms with E-state index in [9.17, 15) is 16.8 Å². The molecular weight excluding hydrogens is 312 g/mol. The van der Waals surface area contributed by atoms with Crippen LogP contribution in [-0.4, -0.2) is 33.6 Å². The van der Waals surface area contributed by atoms with E-state index in [1.54, 1.807) is 12.1 Å². The summed E-state index contributed by atoms with van der Waals surface area (Å²) in [6, 6.07) is 5.39. The van der Waals surface area contributed by atoms with Gasteiger partial charge in [-0.1, -0.05) is 6.07 Å². The minimum Gasteiger partial charge on any atom is -0.382 e. The van der Waals surface area contributed by atoms with Crippen LogP contribution in [0.2, 0.25) is 0 Å². The van der Waals surface area contributed by atoms with Crippen molar-refractivity contribution in [1.82, 2.24) is 0 Å². The minimum atomic E-state index is -3.77. The third-order valence-corrected chi connectivity index (χ3v) is 7.62. The summed E-state index contributed by atoms with van der Waals surface area (Å²) in [7, 11) is -6.85. The summed E-state index contributed by atoms with van der Waals surface area (Å²) in [5.41, 5.74) is 2.40. The number of sulfone groups is 1. The van der Waals surface area contributed by atoms with Crippen LogP contribution in [-0.2, 0) is 32.8 Å². The normalized spacial score (nSPS) is 21.9. The Morgan fingerprint density at radius 1 is 1.05 bits per heavy atom. The molecule has 7 heteroatoms. The molecule has 2 aliphatic rings. The molecule has 1 heterocycles. The summed E-state index contributed by atoms with van der Waals surface area (Å²) in [4.78, 5) is 0. The zero-order chi connectivity index (χ0) is 15.1. The third kappa shape index (κ3) is 3.23. The monoisotopic (exact) mass is 330 g/mol. The molecule has 5 nitrogen and oxygen atoms in total. The van der Waals surface area contributed by atoms with Crippen molar-refractivity contribution in [1.29, 1.82) is 0 Å². The Morgan fingerprint density at radius 2 is 1.71 bits per heavy atom. The molecule has 0 saturated carbocycles. The van der Waals surface area contributed by atoms with Gasteiger partial charge in [-0.05, 0) is 55.4 Å². The van der Waals surface area contributed by atoms with E-state index in [1.807, 2.05) is 6.07 Å². The quantitative estimate of drug-likeness (QED) is 0.784. The molecule has 1 fully saturated rings. The summed E-state index contributed by atoms with van der Waals surface area (Å²) in [5, 5.41) is -0.728. The van der Waals surface area contributed by atoms with Crippen LogP contribution in [0.25, 0.3) is 0 Å². The second-order valence-electron chi connectivity index (χ2n) is 5.71. The van der Waals surface area contributed by atoms with Gasteiger partial charge in [0, 0.05) is 0 Å². The second-order valence-corrected chi connectivity index (χ2v) is 9.83. The van der Waals surface area contributed by atoms with Crippen molar-refractivity contribution < 1.29 is 21.0 Å². The van der Waals surface area contributed by atoms with Gasteiger partial charge >= 0.3 is 10.1 Å². The first-order valence-electron chi connectivity index (χ1n) is 7.11. The maximum atomic E-state index is 12.2. The van der Waals surface area contributed by atoms with E-state index in [0.29, 0.717) is 5.75 Å². The Bertz CT molecular complexity index is 736. The number of hydrogen-bond acceptors (Lipinski definition) is 5. The Kier molecular flexibility index (Phi) is 3.73. The lowest BCUT2D eigenvalue weighted by Gasteiger charge is -2.21. The molecule has 21 heavy (non-hydrogen) atoms. The van der Waals surface area contributed by atoms with Gasteiger partial charge < -0.3 is 4.18 Å². The highest BCUT2D eigenvalue weighted by Crippen LogP contribution is 2.28. The van der Waals surface area contributed by atoms with Gasteiger partial charge in [-0.3, -0.25) is 0 Å². The molecule has 3 rings (SSSR count). The maximum absolute atomic E-state index is 12.2. The molecule has 1 aromatic rings. The first-order valence-corrected chi connectivity index (χ1v) is 10.4. The Labute approximate surface area is 125 Å². The van der Waals surface area contributed by atoms with Crippen molar-refractivity contribution in [2.24, 2.45) is 0 Å². The van der Waals surface area contributed by atoms with Crippen LogP contribution in [0.1, 0.15) is 30.4 Å². The topological polar surface area (TPSA) is 77.5 Å². The maximum Gasteiger partial charge on any atom is 0.312 e. The molecule has 0 aromatic heterocycles. The highest BCUT2D eigenvalue weighted by molar-refractivity contribution is 7.92. The van der Waals surface area contributed by atoms with E-state index in [4.69, 9.17) is 4.18 Å². The molecule has 0 atom stereocenters. The van der Waals surface area contributed by atoms with Gasteiger partial charge in [0.05, 0.1) is 16.8 Å². The second kappa shape index (κ2) is 5.28. The van der Waals surface area contributed by atoms with Gasteiger partial charge in [-0.15, -0.1) is 0 Å². The van der Waals surface area contributed by atoms with E-state index in [2.05, 4.69) is 0 Å². The molecular formula is C14H18O5S2. The molecule has 1 aliphatic heterocycles. The zero-order valence-corrected chi connectivity index (χ0v) is 13.2. The lowest BCUT2D eigenvalue weighted by molar-refractivity contribution is 0.462. The van der Waals surface area contributed by atoms with Crippen LogP contribution in [0.15, 0.2) is 18.2 Å². The van der Waals surface area contributed by atoms with Crippen LogP contribution >= 0.6 is 0 Å². The van der Waals surface area contributed by atoms with Gasteiger partial charge in [0.1, 0.15) is 15.6 Å². The number of benzene rings is 1. The lowest BCUT2D eigenvalue weighted by Crippen LogP contribution is -2.35. The molecule has 1 aromatic carbocycles. The molecule has 116 valence electrons. The molecule has 0 amide bonds. The number of rotatable bonds is 3. The number of aryl methyl sites for hydroxylation is 2. The summed E-state index contributed by atoms with van der Waals surface area (Å²) in [6.45, 7) is 0. The average Bonchev–Trinajstić information content (AvgIpc) is 2.85. The smallest absolute Gasteiger partial charge is 0.312 e. The predicted molar refractivity (Wildman–Crippen MR) is 79.7 cm³/mol. The number of fused-ring (bicyclic) bond motifs is 1. The summed E-state index contributed by atoms with van der Waals surface area (Å²) < 4.78 is 52.5. The summed E-state index contributed by atoms with van der Waals surface area (Å²) in [5.74, 6) is 0.179. The molecule has 0 radical (unpaired) electrons. The van der Waals surface area contributed by atoms with E-state index in [0.717, 1.165) is 24.8 Å². The van der Waals surface area contributed by atoms with Crippen molar-refractivity contribution in [3.63, 3.8) is 0 Å². The van der Waals surface area contributed by atoms with Crippen LogP contribution in [0.3, 0.4) is 0 Å². The molecule has 0 bridgehead atoms. The van der Waals surface area contributed by atoms with Crippen LogP contribution in [0, 0.1) is 0 Å². The molecule has 1 saturated heterocycles. The first-order chi connectivity index (χ1) is 9.86. The van der Waals surface area contributed by atoms with Crippen molar-refractivity contribution in [3.05, 3.63) is 29.3 Å². The molecule has 0 N–H and O–H groups in total. The van der Waals surface area contributed by atoms with E-state index in [1.165, 1.54) is 5.56 Å². The molecule has 1 aliphatic carbocycles. The van der Waals surface area contributed by atoms with E-state index < -0.39 is 25.2 Å². The standard InChI is InChI=1S/C14H18O5S2/c15-20(16)8-6-14(7-9-20)21(17,18)19-13-5-4-11-2-1-3-12(11)10-13/h4-5,10,14H,1-3,6-9H2. The largest absolute Gasteiger partial charge is 0.382 e. The fourth-order valence-corrected chi connectivity index (χ4v) is 6.07. The van der Waals surface area contributed by atoms with Gasteiger partial charge in [0.25, 0.3) is 0 Å². The Hall–Kier alpha value is -1.08. The first kappa shape index (κ1) is 14.8. The number of hydrogen-bond donors (Lipinski definition) is 0. The van der Waals surface area contributed by atoms with Crippen LogP contribution in [0.4, 0.5) is 0 Å². The minimum absolute atomic E-state index is 0.0789. The molecule has 0 spiro atoms. The van der Waals surface area contributed by atoms with Gasteiger partial charge in [0.15, 0.2) is 0 Å². The predicted octanol–water partition coefficient (Wildman–Crippen LogP) is 1.46. The highest BCUT2D eigenvalue weighted by Gasteiger charge is 2.34. The van der Waals surface area contributed by atoms with Gasteiger partial charge in [-0.2, -0.15) is 8.42 Å². The Morgan fingerprint density at radius 3 is 2.43 bits per heavy atom. The van der Waals surface area contributed by atoms with E-state index in [-0.39, 0.29) is 24.3 Å². The van der Waals surface area contributed by atoms with Crippen molar-refractivity contribution in [3.8, 4) is 5.75 Å². The van der Waals surface area contributed by atoms with Crippen LogP contribution in [0.5, 0.6) is 5.75 Å². The SMILES string of the molecule is O=S1(=O)CCC(S(=O)(=O)Oc2ccc3c(c2)CCC3)CC1. The fourth-order valence-electron chi connectivity index (χ4n) is 2.96. The van der Waals surface area contributed by atoms with Crippen molar-refractivity contribution in [2.45, 2.75) is 37.4 Å². The summed E-state index contributed by atoms with van der Waals surface area (Å²) >= 11 is 0. The van der Waals surface area contributed by atoms with Crippen LogP contribution < -0.4 is 4.18 Å². The van der Waals surface area contributed by atoms with Gasteiger partial charge in [-0.25, -0.2) is 8.42 Å². The lowest BCUT2D eigenvalue weighted by atomic mass is 10.1. The zero-order valence-electron chi connectivity index (χ0n) is 11.6. The fraction of sp³-hybridized carbons (Fsp3) is 0.571. The average molecular weight is 330 g/mol. The highest BCUT2D eigenvalue weighted by atomic mass is 32.2. The molecule has 0 unspecified atom stereocenters.